The first kappa shape index (κ1) is 17.3. The molecule has 7 nitrogen and oxygen atoms in total. The molecule has 4 rings (SSSR count). The number of piperidine rings is 1. The lowest BCUT2D eigenvalue weighted by molar-refractivity contribution is -0.133. The molecule has 2 aliphatic rings. The van der Waals surface area contributed by atoms with Crippen LogP contribution in [0.15, 0.2) is 27.3 Å². The van der Waals surface area contributed by atoms with E-state index in [4.69, 9.17) is 13.7 Å². The van der Waals surface area contributed by atoms with Crippen LogP contribution in [-0.4, -0.2) is 41.3 Å². The monoisotopic (exact) mass is 359 g/mol. The van der Waals surface area contributed by atoms with Crippen LogP contribution < -0.4 is 5.32 Å². The summed E-state index contributed by atoms with van der Waals surface area (Å²) in [4.78, 5) is 14.8. The molecule has 1 amide bonds. The molecule has 0 bridgehead atoms. The van der Waals surface area contributed by atoms with Gasteiger partial charge in [0.25, 0.3) is 0 Å². The van der Waals surface area contributed by atoms with Crippen LogP contribution in [0, 0.1) is 19.8 Å². The van der Waals surface area contributed by atoms with Crippen LogP contribution in [0.25, 0.3) is 0 Å². The number of nitrogens with zero attached hydrogens (tertiary/aromatic N) is 2. The maximum Gasteiger partial charge on any atom is 0.249 e. The molecule has 0 unspecified atom stereocenters. The molecule has 7 heteroatoms. The molecule has 140 valence electrons. The zero-order valence-corrected chi connectivity index (χ0v) is 15.2. The van der Waals surface area contributed by atoms with Gasteiger partial charge >= 0.3 is 0 Å². The fourth-order valence-electron chi connectivity index (χ4n) is 3.96. The molecule has 3 atom stereocenters. The molecule has 0 saturated carbocycles. The highest BCUT2D eigenvalue weighted by Gasteiger charge is 2.41. The van der Waals surface area contributed by atoms with Crippen molar-refractivity contribution in [1.29, 1.82) is 0 Å². The van der Waals surface area contributed by atoms with E-state index in [0.29, 0.717) is 12.5 Å². The van der Waals surface area contributed by atoms with Gasteiger partial charge in [0.2, 0.25) is 5.91 Å². The predicted octanol–water partition coefficient (Wildman–Crippen LogP) is 2.18. The van der Waals surface area contributed by atoms with E-state index >= 15 is 0 Å². The van der Waals surface area contributed by atoms with Crippen LogP contribution in [0.4, 0.5) is 0 Å². The molecule has 2 aromatic rings. The molecule has 4 heterocycles. The highest BCUT2D eigenvalue weighted by Crippen LogP contribution is 2.34. The summed E-state index contributed by atoms with van der Waals surface area (Å²) in [7, 11) is 0. The minimum absolute atomic E-state index is 0.0481. The van der Waals surface area contributed by atoms with Gasteiger partial charge in [-0.05, 0) is 51.3 Å². The van der Waals surface area contributed by atoms with E-state index in [9.17, 15) is 4.79 Å². The molecule has 1 N–H and O–H groups in total. The van der Waals surface area contributed by atoms with Gasteiger partial charge in [-0.1, -0.05) is 5.16 Å². The van der Waals surface area contributed by atoms with Crippen molar-refractivity contribution < 1.29 is 18.5 Å². The second-order valence-corrected chi connectivity index (χ2v) is 7.28. The molecule has 2 aliphatic heterocycles. The summed E-state index contributed by atoms with van der Waals surface area (Å²) < 4.78 is 16.6. The van der Waals surface area contributed by atoms with Crippen molar-refractivity contribution in [2.24, 2.45) is 5.92 Å². The molecule has 2 fully saturated rings. The minimum atomic E-state index is -0.362. The number of carbonyl (C=O) groups is 1. The summed E-state index contributed by atoms with van der Waals surface area (Å²) in [5.74, 6) is 2.04. The molecule has 26 heavy (non-hydrogen) atoms. The lowest BCUT2D eigenvalue weighted by atomic mass is 9.91. The van der Waals surface area contributed by atoms with E-state index in [2.05, 4.69) is 15.4 Å². The van der Waals surface area contributed by atoms with Crippen LogP contribution in [0.3, 0.4) is 0 Å². The second kappa shape index (κ2) is 7.25. The Morgan fingerprint density at radius 2 is 2.31 bits per heavy atom. The molecule has 2 saturated heterocycles. The summed E-state index contributed by atoms with van der Waals surface area (Å²) in [5, 5.41) is 6.94. The van der Waals surface area contributed by atoms with E-state index in [-0.39, 0.29) is 18.1 Å². The van der Waals surface area contributed by atoms with Gasteiger partial charge in [0.1, 0.15) is 17.6 Å². The van der Waals surface area contributed by atoms with Crippen molar-refractivity contribution in [2.75, 3.05) is 13.1 Å². The second-order valence-electron chi connectivity index (χ2n) is 7.28. The Morgan fingerprint density at radius 3 is 3.04 bits per heavy atom. The Morgan fingerprint density at radius 1 is 1.42 bits per heavy atom. The van der Waals surface area contributed by atoms with Crippen molar-refractivity contribution in [3.05, 3.63) is 41.2 Å². The average Bonchev–Trinajstić information content (AvgIpc) is 3.36. The van der Waals surface area contributed by atoms with Gasteiger partial charge in [0.05, 0.1) is 24.6 Å². The number of hydrogen-bond donors (Lipinski definition) is 1. The van der Waals surface area contributed by atoms with E-state index in [1.165, 1.54) is 0 Å². The smallest absolute Gasteiger partial charge is 0.249 e. The third-order valence-electron chi connectivity index (χ3n) is 5.51. The predicted molar refractivity (Wildman–Crippen MR) is 93.2 cm³/mol. The van der Waals surface area contributed by atoms with Gasteiger partial charge in [-0.25, -0.2) is 0 Å². The van der Waals surface area contributed by atoms with E-state index in [1.807, 2.05) is 26.0 Å². The Labute approximate surface area is 152 Å². The Balaban J connectivity index is 1.30. The maximum atomic E-state index is 12.4. The fourth-order valence-corrected chi connectivity index (χ4v) is 3.96. The first-order valence-electron chi connectivity index (χ1n) is 9.20. The van der Waals surface area contributed by atoms with Crippen molar-refractivity contribution in [3.8, 4) is 0 Å². The Hall–Kier alpha value is -2.12. The van der Waals surface area contributed by atoms with Crippen LogP contribution in [0.2, 0.25) is 0 Å². The zero-order valence-electron chi connectivity index (χ0n) is 15.2. The van der Waals surface area contributed by atoms with Gasteiger partial charge in [-0.2, -0.15) is 0 Å². The molecular formula is C19H25N3O4. The summed E-state index contributed by atoms with van der Waals surface area (Å²) in [6.07, 6.45) is 3.21. The average molecular weight is 359 g/mol. The number of hydrogen-bond acceptors (Lipinski definition) is 6. The fraction of sp³-hybridized carbons (Fsp3) is 0.579. The number of fused-ring (bicyclic) bond motifs is 1. The molecule has 2 aromatic heterocycles. The SMILES string of the molecule is Cc1noc(C)c1CN1CC[C@H]2C[C@H](C(=O)NCc3ccco3)O[C@@H]2C1. The van der Waals surface area contributed by atoms with Crippen LogP contribution in [0.1, 0.15) is 35.6 Å². The Bertz CT molecular complexity index is 735. The largest absolute Gasteiger partial charge is 0.467 e. The summed E-state index contributed by atoms with van der Waals surface area (Å²) >= 11 is 0. The number of ether oxygens (including phenoxy) is 1. The number of furan rings is 1. The van der Waals surface area contributed by atoms with Gasteiger partial charge in [0, 0.05) is 18.7 Å². The first-order chi connectivity index (χ1) is 12.6. The molecular weight excluding hydrogens is 334 g/mol. The first-order valence-corrected chi connectivity index (χ1v) is 9.20. The number of amides is 1. The lowest BCUT2D eigenvalue weighted by Crippen LogP contribution is -2.42. The van der Waals surface area contributed by atoms with Gasteiger partial charge in [-0.3, -0.25) is 9.69 Å². The van der Waals surface area contributed by atoms with E-state index in [1.54, 1.807) is 6.26 Å². The standard InChI is InChI=1S/C19H25N3O4/c1-12-16(13(2)26-21-12)10-22-6-5-14-8-17(25-18(14)11-22)19(23)20-9-15-4-3-7-24-15/h3-4,7,14,17-18H,5-6,8-11H2,1-2H3,(H,20,23)/t14-,17+,18+/m0/s1. The van der Waals surface area contributed by atoms with Crippen molar-refractivity contribution in [3.63, 3.8) is 0 Å². The van der Waals surface area contributed by atoms with Gasteiger partial charge < -0.3 is 19.0 Å². The number of nitrogens with one attached hydrogen (secondary N) is 1. The van der Waals surface area contributed by atoms with E-state index < -0.39 is 0 Å². The molecule has 0 radical (unpaired) electrons. The highest BCUT2D eigenvalue weighted by molar-refractivity contribution is 5.81. The van der Waals surface area contributed by atoms with Crippen molar-refractivity contribution >= 4 is 5.91 Å². The normalized spacial score (nSPS) is 26.0. The van der Waals surface area contributed by atoms with E-state index in [0.717, 1.165) is 55.3 Å². The molecule has 0 aliphatic carbocycles. The zero-order chi connectivity index (χ0) is 18.1. The lowest BCUT2D eigenvalue weighted by Gasteiger charge is -2.33. The minimum Gasteiger partial charge on any atom is -0.467 e. The van der Waals surface area contributed by atoms with Crippen LogP contribution in [0.5, 0.6) is 0 Å². The van der Waals surface area contributed by atoms with Gasteiger partial charge in [0.15, 0.2) is 0 Å². The summed E-state index contributed by atoms with van der Waals surface area (Å²) in [5.41, 5.74) is 2.11. The van der Waals surface area contributed by atoms with Gasteiger partial charge in [-0.15, -0.1) is 0 Å². The van der Waals surface area contributed by atoms with Crippen molar-refractivity contribution in [1.82, 2.24) is 15.4 Å². The molecule has 0 spiro atoms. The third-order valence-corrected chi connectivity index (χ3v) is 5.51. The number of aromatic nitrogens is 1. The third kappa shape index (κ3) is 3.54. The Kier molecular flexibility index (Phi) is 4.82. The van der Waals surface area contributed by atoms with Crippen LogP contribution >= 0.6 is 0 Å². The number of aryl methyl sites for hydroxylation is 2. The number of likely N-dealkylation sites (tertiary alicyclic amines) is 1. The maximum absolute atomic E-state index is 12.4. The molecule has 0 aromatic carbocycles. The number of rotatable bonds is 5. The summed E-state index contributed by atoms with van der Waals surface area (Å²) in [6.45, 7) is 7.01. The number of carbonyl (C=O) groups excluding carboxylic acids is 1. The van der Waals surface area contributed by atoms with Crippen LogP contribution in [-0.2, 0) is 22.6 Å². The summed E-state index contributed by atoms with van der Waals surface area (Å²) in [6, 6.07) is 3.66. The van der Waals surface area contributed by atoms with Crippen molar-refractivity contribution in [2.45, 2.75) is 52.0 Å². The topological polar surface area (TPSA) is 80.7 Å². The quantitative estimate of drug-likeness (QED) is 0.881. The highest BCUT2D eigenvalue weighted by atomic mass is 16.5.